The molecule has 0 amide bonds. The first-order valence-electron chi connectivity index (χ1n) is 3.90. The first-order valence-corrected chi connectivity index (χ1v) is 3.90. The smallest absolute Gasteiger partial charge is 0.00841 e. The van der Waals surface area contributed by atoms with Crippen molar-refractivity contribution in [1.82, 2.24) is 0 Å². The number of allylic oxidation sites excluding steroid dienone is 4. The number of hydrogen-bond donors (Lipinski definition) is 0. The molecule has 1 aliphatic rings. The Morgan fingerprint density at radius 1 is 1.40 bits per heavy atom. The molecular formula is C10H16. The van der Waals surface area contributed by atoms with E-state index in [4.69, 9.17) is 0 Å². The third-order valence-electron chi connectivity index (χ3n) is 2.90. The highest BCUT2D eigenvalue weighted by molar-refractivity contribution is 5.24. The molecule has 0 nitrogen and oxygen atoms in total. The molecule has 10 heavy (non-hydrogen) atoms. The van der Waals surface area contributed by atoms with Gasteiger partial charge in [-0.3, -0.25) is 0 Å². The minimum absolute atomic E-state index is 0.370. The van der Waals surface area contributed by atoms with Gasteiger partial charge in [0.05, 0.1) is 0 Å². The summed E-state index contributed by atoms with van der Waals surface area (Å²) in [7, 11) is 0. The van der Waals surface area contributed by atoms with E-state index in [-0.39, 0.29) is 0 Å². The highest BCUT2D eigenvalue weighted by atomic mass is 14.3. The second-order valence-corrected chi connectivity index (χ2v) is 3.74. The molecule has 1 atom stereocenters. The SMILES string of the molecule is CC1=CC=CC(C)C1(C)C. The van der Waals surface area contributed by atoms with Crippen molar-refractivity contribution in [3.63, 3.8) is 0 Å². The van der Waals surface area contributed by atoms with Gasteiger partial charge in [0.2, 0.25) is 0 Å². The molecule has 0 heterocycles. The maximum absolute atomic E-state index is 2.30. The monoisotopic (exact) mass is 136 g/mol. The zero-order valence-corrected chi connectivity index (χ0v) is 7.31. The van der Waals surface area contributed by atoms with E-state index >= 15 is 0 Å². The van der Waals surface area contributed by atoms with Crippen molar-refractivity contribution in [2.45, 2.75) is 27.7 Å². The molecule has 0 bridgehead atoms. The summed E-state index contributed by atoms with van der Waals surface area (Å²) in [6, 6.07) is 0. The molecule has 0 aromatic rings. The maximum Gasteiger partial charge on any atom is -0.00841 e. The first-order chi connectivity index (χ1) is 4.55. The van der Waals surface area contributed by atoms with Crippen molar-refractivity contribution in [2.24, 2.45) is 11.3 Å². The second kappa shape index (κ2) is 2.26. The standard InChI is InChI=1S/C10H16/c1-8-6-5-7-9(2)10(8,3)4/h5-8H,1-4H3. The molecule has 0 heteroatoms. The number of hydrogen-bond acceptors (Lipinski definition) is 0. The molecule has 1 rings (SSSR count). The summed E-state index contributed by atoms with van der Waals surface area (Å²) in [5.41, 5.74) is 1.86. The van der Waals surface area contributed by atoms with Crippen molar-refractivity contribution in [3.8, 4) is 0 Å². The Labute approximate surface area is 63.6 Å². The maximum atomic E-state index is 2.30. The quantitative estimate of drug-likeness (QED) is 0.480. The normalized spacial score (nSPS) is 30.0. The van der Waals surface area contributed by atoms with E-state index < -0.39 is 0 Å². The average Bonchev–Trinajstić information content (AvgIpc) is 1.84. The van der Waals surface area contributed by atoms with Crippen LogP contribution in [0.1, 0.15) is 27.7 Å². The lowest BCUT2D eigenvalue weighted by Crippen LogP contribution is -2.23. The summed E-state index contributed by atoms with van der Waals surface area (Å²) < 4.78 is 0. The Morgan fingerprint density at radius 3 is 2.40 bits per heavy atom. The van der Waals surface area contributed by atoms with E-state index in [1.807, 2.05) is 0 Å². The summed E-state index contributed by atoms with van der Waals surface area (Å²) >= 11 is 0. The Bertz CT molecular complexity index is 182. The second-order valence-electron chi connectivity index (χ2n) is 3.74. The Kier molecular flexibility index (Phi) is 1.72. The lowest BCUT2D eigenvalue weighted by atomic mass is 9.72. The van der Waals surface area contributed by atoms with Gasteiger partial charge >= 0.3 is 0 Å². The molecule has 0 fully saturated rings. The van der Waals surface area contributed by atoms with E-state index in [0.29, 0.717) is 11.3 Å². The van der Waals surface area contributed by atoms with E-state index in [2.05, 4.69) is 45.9 Å². The van der Waals surface area contributed by atoms with E-state index in [0.717, 1.165) is 0 Å². The van der Waals surface area contributed by atoms with Gasteiger partial charge in [0, 0.05) is 0 Å². The Morgan fingerprint density at radius 2 is 2.00 bits per heavy atom. The van der Waals surface area contributed by atoms with Crippen LogP contribution in [0.2, 0.25) is 0 Å². The van der Waals surface area contributed by atoms with Crippen LogP contribution in [0.25, 0.3) is 0 Å². The zero-order valence-electron chi connectivity index (χ0n) is 7.31. The third kappa shape index (κ3) is 1.03. The predicted octanol–water partition coefficient (Wildman–Crippen LogP) is 3.16. The molecule has 56 valence electrons. The van der Waals surface area contributed by atoms with Crippen LogP contribution in [0.5, 0.6) is 0 Å². The van der Waals surface area contributed by atoms with Crippen molar-refractivity contribution >= 4 is 0 Å². The molecule has 1 aliphatic carbocycles. The van der Waals surface area contributed by atoms with Crippen LogP contribution in [-0.4, -0.2) is 0 Å². The van der Waals surface area contributed by atoms with Crippen molar-refractivity contribution < 1.29 is 0 Å². The largest absolute Gasteiger partial charge is 0.0808 e. The number of rotatable bonds is 0. The minimum Gasteiger partial charge on any atom is -0.0808 e. The van der Waals surface area contributed by atoms with Crippen LogP contribution in [0.3, 0.4) is 0 Å². The van der Waals surface area contributed by atoms with Gasteiger partial charge in [-0.15, -0.1) is 0 Å². The van der Waals surface area contributed by atoms with Crippen molar-refractivity contribution in [3.05, 3.63) is 23.8 Å². The minimum atomic E-state index is 0.370. The van der Waals surface area contributed by atoms with Crippen molar-refractivity contribution in [2.75, 3.05) is 0 Å². The van der Waals surface area contributed by atoms with Gasteiger partial charge in [-0.25, -0.2) is 0 Å². The molecule has 1 unspecified atom stereocenters. The van der Waals surface area contributed by atoms with Crippen LogP contribution in [0.15, 0.2) is 23.8 Å². The van der Waals surface area contributed by atoms with Crippen LogP contribution < -0.4 is 0 Å². The highest BCUT2D eigenvalue weighted by Crippen LogP contribution is 2.37. The summed E-state index contributed by atoms with van der Waals surface area (Å²) in [5, 5.41) is 0. The van der Waals surface area contributed by atoms with Crippen LogP contribution in [-0.2, 0) is 0 Å². The lowest BCUT2D eigenvalue weighted by molar-refractivity contribution is 0.338. The van der Waals surface area contributed by atoms with E-state index in [9.17, 15) is 0 Å². The molecule has 0 aromatic heterocycles. The fraction of sp³-hybridized carbons (Fsp3) is 0.600. The average molecular weight is 136 g/mol. The van der Waals surface area contributed by atoms with E-state index in [1.165, 1.54) is 5.57 Å². The molecule has 0 N–H and O–H groups in total. The van der Waals surface area contributed by atoms with Gasteiger partial charge in [0.15, 0.2) is 0 Å². The van der Waals surface area contributed by atoms with Gasteiger partial charge < -0.3 is 0 Å². The lowest BCUT2D eigenvalue weighted by Gasteiger charge is -2.33. The molecule has 0 saturated carbocycles. The third-order valence-corrected chi connectivity index (χ3v) is 2.90. The van der Waals surface area contributed by atoms with Crippen LogP contribution >= 0.6 is 0 Å². The summed E-state index contributed by atoms with van der Waals surface area (Å²) in [6.45, 7) is 9.08. The van der Waals surface area contributed by atoms with Gasteiger partial charge in [0.25, 0.3) is 0 Å². The highest BCUT2D eigenvalue weighted by Gasteiger charge is 2.26. The van der Waals surface area contributed by atoms with Gasteiger partial charge in [-0.2, -0.15) is 0 Å². The van der Waals surface area contributed by atoms with Gasteiger partial charge in [-0.1, -0.05) is 44.6 Å². The van der Waals surface area contributed by atoms with Crippen LogP contribution in [0.4, 0.5) is 0 Å². The van der Waals surface area contributed by atoms with Crippen LogP contribution in [0, 0.1) is 11.3 Å². The molecule has 0 saturated heterocycles. The first kappa shape index (κ1) is 7.59. The fourth-order valence-electron chi connectivity index (χ4n) is 1.18. The predicted molar refractivity (Wildman–Crippen MR) is 45.8 cm³/mol. The summed E-state index contributed by atoms with van der Waals surface area (Å²) in [5.74, 6) is 0.678. The Balaban J connectivity index is 2.93. The topological polar surface area (TPSA) is 0 Å². The summed E-state index contributed by atoms with van der Waals surface area (Å²) in [6.07, 6.45) is 6.64. The van der Waals surface area contributed by atoms with Crippen molar-refractivity contribution in [1.29, 1.82) is 0 Å². The fourth-order valence-corrected chi connectivity index (χ4v) is 1.18. The van der Waals surface area contributed by atoms with Gasteiger partial charge in [0.1, 0.15) is 0 Å². The summed E-state index contributed by atoms with van der Waals surface area (Å²) in [4.78, 5) is 0. The molecule has 0 radical (unpaired) electrons. The van der Waals surface area contributed by atoms with Gasteiger partial charge in [-0.05, 0) is 18.3 Å². The molecule has 0 spiro atoms. The Hall–Kier alpha value is -0.520. The molecular weight excluding hydrogens is 120 g/mol. The molecule has 0 aromatic carbocycles. The van der Waals surface area contributed by atoms with E-state index in [1.54, 1.807) is 0 Å². The molecule has 0 aliphatic heterocycles. The zero-order chi connectivity index (χ0) is 7.78.